The first-order chi connectivity index (χ1) is 10.3. The van der Waals surface area contributed by atoms with Crippen LogP contribution in [-0.2, 0) is 11.3 Å². The molecule has 4 heteroatoms. The van der Waals surface area contributed by atoms with Gasteiger partial charge >= 0.3 is 0 Å². The van der Waals surface area contributed by atoms with Gasteiger partial charge < -0.3 is 15.3 Å². The van der Waals surface area contributed by atoms with Crippen LogP contribution in [0.4, 0.5) is 0 Å². The molecule has 4 nitrogen and oxygen atoms in total. The zero-order valence-electron chi connectivity index (χ0n) is 12.2. The summed E-state index contributed by atoms with van der Waals surface area (Å²) in [5, 5.41) is 3.89. The number of nitrogens with zero attached hydrogens (tertiary/aromatic N) is 1. The van der Waals surface area contributed by atoms with Crippen molar-refractivity contribution in [3.05, 3.63) is 65.7 Å². The molecule has 0 aliphatic carbocycles. The average molecular weight is 284 g/mol. The predicted molar refractivity (Wildman–Crippen MR) is 84.4 cm³/mol. The quantitative estimate of drug-likeness (QED) is 0.368. The van der Waals surface area contributed by atoms with Crippen LogP contribution >= 0.6 is 0 Å². The van der Waals surface area contributed by atoms with E-state index >= 15 is 0 Å². The van der Waals surface area contributed by atoms with E-state index in [1.165, 1.54) is 0 Å². The van der Waals surface area contributed by atoms with Crippen LogP contribution in [0.15, 0.2) is 59.8 Å². The summed E-state index contributed by atoms with van der Waals surface area (Å²) >= 11 is 0. The lowest BCUT2D eigenvalue weighted by Gasteiger charge is -2.08. The SMILES string of the molecule is Cc1ccccc1OCCO/N=C(/N)Cc1ccccc1. The number of hydrogen-bond acceptors (Lipinski definition) is 3. The van der Waals surface area contributed by atoms with E-state index in [0.717, 1.165) is 16.9 Å². The standard InChI is InChI=1S/C17H20N2O2/c1-14-7-5-6-10-16(14)20-11-12-21-19-17(18)13-15-8-3-2-4-9-15/h2-10H,11-13H2,1H3,(H2,18,19). The summed E-state index contributed by atoms with van der Waals surface area (Å²) in [7, 11) is 0. The third-order valence-corrected chi connectivity index (χ3v) is 2.94. The highest BCUT2D eigenvalue weighted by molar-refractivity contribution is 5.82. The predicted octanol–water partition coefficient (Wildman–Crippen LogP) is 2.91. The molecule has 0 spiro atoms. The van der Waals surface area contributed by atoms with Gasteiger partial charge in [-0.3, -0.25) is 0 Å². The van der Waals surface area contributed by atoms with Crippen LogP contribution in [0.3, 0.4) is 0 Å². The first-order valence-electron chi connectivity index (χ1n) is 6.92. The number of ether oxygens (including phenoxy) is 1. The minimum atomic E-state index is 0.365. The molecule has 0 atom stereocenters. The number of nitrogens with two attached hydrogens (primary N) is 1. The van der Waals surface area contributed by atoms with Crippen molar-refractivity contribution in [2.45, 2.75) is 13.3 Å². The maximum Gasteiger partial charge on any atom is 0.151 e. The van der Waals surface area contributed by atoms with Crippen molar-refractivity contribution in [2.24, 2.45) is 10.9 Å². The fourth-order valence-corrected chi connectivity index (χ4v) is 1.87. The van der Waals surface area contributed by atoms with Gasteiger partial charge in [-0.1, -0.05) is 53.7 Å². The molecule has 2 rings (SSSR count). The van der Waals surface area contributed by atoms with Gasteiger partial charge in [-0.15, -0.1) is 0 Å². The Hall–Kier alpha value is -2.49. The van der Waals surface area contributed by atoms with Gasteiger partial charge in [-0.25, -0.2) is 0 Å². The summed E-state index contributed by atoms with van der Waals surface area (Å²) in [6.07, 6.45) is 0.583. The summed E-state index contributed by atoms with van der Waals surface area (Å²) in [6.45, 7) is 2.81. The number of amidine groups is 1. The van der Waals surface area contributed by atoms with E-state index < -0.39 is 0 Å². The van der Waals surface area contributed by atoms with Gasteiger partial charge in [0, 0.05) is 6.42 Å². The summed E-state index contributed by atoms with van der Waals surface area (Å²) < 4.78 is 5.60. The molecule has 0 saturated heterocycles. The average Bonchev–Trinajstić information content (AvgIpc) is 2.50. The summed E-state index contributed by atoms with van der Waals surface area (Å²) in [5.74, 6) is 1.32. The van der Waals surface area contributed by atoms with Gasteiger partial charge in [0.05, 0.1) is 0 Å². The summed E-state index contributed by atoms with van der Waals surface area (Å²) in [5.41, 5.74) is 8.02. The molecule has 0 aliphatic rings. The number of para-hydroxylation sites is 1. The van der Waals surface area contributed by atoms with E-state index in [2.05, 4.69) is 5.16 Å². The van der Waals surface area contributed by atoms with E-state index in [4.69, 9.17) is 15.3 Å². The monoisotopic (exact) mass is 284 g/mol. The third kappa shape index (κ3) is 5.18. The topological polar surface area (TPSA) is 56.8 Å². The van der Waals surface area contributed by atoms with E-state index in [1.54, 1.807) is 0 Å². The minimum Gasteiger partial charge on any atom is -0.490 e. The molecule has 21 heavy (non-hydrogen) atoms. The molecule has 0 saturated carbocycles. The lowest BCUT2D eigenvalue weighted by atomic mass is 10.1. The Morgan fingerprint density at radius 1 is 1.00 bits per heavy atom. The van der Waals surface area contributed by atoms with Crippen LogP contribution < -0.4 is 10.5 Å². The Morgan fingerprint density at radius 3 is 2.48 bits per heavy atom. The summed E-state index contributed by atoms with van der Waals surface area (Å²) in [4.78, 5) is 5.17. The Balaban J connectivity index is 1.69. The van der Waals surface area contributed by atoms with E-state index in [1.807, 2.05) is 61.5 Å². The van der Waals surface area contributed by atoms with Crippen molar-refractivity contribution in [3.63, 3.8) is 0 Å². The maximum absolute atomic E-state index is 5.81. The summed E-state index contributed by atoms with van der Waals surface area (Å²) in [6, 6.07) is 17.8. The molecule has 0 bridgehead atoms. The molecule has 0 aromatic heterocycles. The molecule has 0 heterocycles. The van der Waals surface area contributed by atoms with Crippen molar-refractivity contribution < 1.29 is 9.57 Å². The van der Waals surface area contributed by atoms with Crippen LogP contribution in [0.2, 0.25) is 0 Å². The van der Waals surface area contributed by atoms with Gasteiger partial charge in [0.1, 0.15) is 18.2 Å². The van der Waals surface area contributed by atoms with E-state index in [-0.39, 0.29) is 0 Å². The third-order valence-electron chi connectivity index (χ3n) is 2.94. The minimum absolute atomic E-state index is 0.365. The molecule has 110 valence electrons. The molecular formula is C17H20N2O2. The molecule has 2 aromatic rings. The normalized spacial score (nSPS) is 11.2. The number of rotatable bonds is 7. The Morgan fingerprint density at radius 2 is 1.71 bits per heavy atom. The smallest absolute Gasteiger partial charge is 0.151 e. The van der Waals surface area contributed by atoms with Gasteiger partial charge in [0.15, 0.2) is 6.61 Å². The molecule has 0 fully saturated rings. The van der Waals surface area contributed by atoms with Crippen LogP contribution in [-0.4, -0.2) is 19.0 Å². The molecule has 2 aromatic carbocycles. The molecule has 0 aliphatic heterocycles. The van der Waals surface area contributed by atoms with Gasteiger partial charge in [0.25, 0.3) is 0 Å². The molecular weight excluding hydrogens is 264 g/mol. The second kappa shape index (κ2) is 7.94. The lowest BCUT2D eigenvalue weighted by molar-refractivity contribution is 0.106. The van der Waals surface area contributed by atoms with Crippen molar-refractivity contribution in [1.29, 1.82) is 0 Å². The Bertz CT molecular complexity index is 582. The molecule has 0 radical (unpaired) electrons. The Kier molecular flexibility index (Phi) is 5.64. The highest BCUT2D eigenvalue weighted by Crippen LogP contribution is 2.15. The first-order valence-corrected chi connectivity index (χ1v) is 6.92. The van der Waals surface area contributed by atoms with Gasteiger partial charge in [-0.2, -0.15) is 0 Å². The second-order valence-electron chi connectivity index (χ2n) is 4.69. The lowest BCUT2D eigenvalue weighted by Crippen LogP contribution is -2.16. The molecule has 0 unspecified atom stereocenters. The number of oxime groups is 1. The van der Waals surface area contributed by atoms with Gasteiger partial charge in [0.2, 0.25) is 0 Å². The van der Waals surface area contributed by atoms with Crippen molar-refractivity contribution >= 4 is 5.84 Å². The van der Waals surface area contributed by atoms with Crippen LogP contribution in [0.5, 0.6) is 5.75 Å². The first kappa shape index (κ1) is 14.9. The fourth-order valence-electron chi connectivity index (χ4n) is 1.87. The Labute approximate surface area is 125 Å². The maximum atomic E-state index is 5.81. The zero-order valence-corrected chi connectivity index (χ0v) is 12.2. The molecule has 0 amide bonds. The van der Waals surface area contributed by atoms with E-state index in [0.29, 0.717) is 25.5 Å². The van der Waals surface area contributed by atoms with Crippen LogP contribution in [0.1, 0.15) is 11.1 Å². The van der Waals surface area contributed by atoms with Gasteiger partial charge in [-0.05, 0) is 24.1 Å². The van der Waals surface area contributed by atoms with Crippen LogP contribution in [0, 0.1) is 6.92 Å². The second-order valence-corrected chi connectivity index (χ2v) is 4.69. The zero-order chi connectivity index (χ0) is 14.9. The molecule has 2 N–H and O–H groups in total. The van der Waals surface area contributed by atoms with Crippen molar-refractivity contribution in [3.8, 4) is 5.75 Å². The van der Waals surface area contributed by atoms with Crippen LogP contribution in [0.25, 0.3) is 0 Å². The van der Waals surface area contributed by atoms with E-state index in [9.17, 15) is 0 Å². The van der Waals surface area contributed by atoms with Crippen molar-refractivity contribution in [1.82, 2.24) is 0 Å². The van der Waals surface area contributed by atoms with Crippen molar-refractivity contribution in [2.75, 3.05) is 13.2 Å². The highest BCUT2D eigenvalue weighted by Gasteiger charge is 1.98. The largest absolute Gasteiger partial charge is 0.490 e. The highest BCUT2D eigenvalue weighted by atomic mass is 16.6. The number of hydrogen-bond donors (Lipinski definition) is 1. The number of benzene rings is 2. The number of aryl methyl sites for hydroxylation is 1. The fraction of sp³-hybridized carbons (Fsp3) is 0.235.